The van der Waals surface area contributed by atoms with E-state index in [-0.39, 0.29) is 0 Å². The quantitative estimate of drug-likeness (QED) is 0.302. The molecule has 0 aromatic rings. The summed E-state index contributed by atoms with van der Waals surface area (Å²) in [5, 5.41) is 0. The third-order valence-corrected chi connectivity index (χ3v) is 6.21. The Hall–Kier alpha value is 0.757. The van der Waals surface area contributed by atoms with Gasteiger partial charge >= 0.3 is 6.94 Å². The lowest BCUT2D eigenvalue weighted by Crippen LogP contribution is -2.21. The van der Waals surface area contributed by atoms with Gasteiger partial charge in [-0.05, 0) is 6.04 Å². The fourth-order valence-corrected chi connectivity index (χ4v) is 3.23. The molecule has 0 heterocycles. The molecule has 0 aliphatic carbocycles. The second-order valence-corrected chi connectivity index (χ2v) is 10.5. The van der Waals surface area contributed by atoms with Gasteiger partial charge in [-0.1, -0.05) is 58.3 Å². The van der Waals surface area contributed by atoms with Gasteiger partial charge in [0.1, 0.15) is 0 Å². The van der Waals surface area contributed by atoms with Crippen molar-refractivity contribution in [3.63, 3.8) is 0 Å². The summed E-state index contributed by atoms with van der Waals surface area (Å²) in [5.74, 6) is 0. The van der Waals surface area contributed by atoms with Crippen LogP contribution in [0.5, 0.6) is 0 Å². The van der Waals surface area contributed by atoms with E-state index in [1.807, 2.05) is 0 Å². The monoisotopic (exact) mass is 270 g/mol. The van der Waals surface area contributed by atoms with Crippen molar-refractivity contribution in [1.82, 2.24) is 0 Å². The van der Waals surface area contributed by atoms with E-state index in [2.05, 4.69) is 6.92 Å². The number of hydrogen-bond donors (Lipinski definition) is 0. The summed E-state index contributed by atoms with van der Waals surface area (Å²) < 4.78 is 5.07. The van der Waals surface area contributed by atoms with Crippen molar-refractivity contribution < 1.29 is 4.43 Å². The van der Waals surface area contributed by atoms with Crippen LogP contribution in [0.4, 0.5) is 0 Å². The fraction of sp³-hybridized carbons (Fsp3) is 1.00. The van der Waals surface area contributed by atoms with Crippen LogP contribution in [-0.2, 0) is 4.43 Å². The van der Waals surface area contributed by atoms with Crippen molar-refractivity contribution in [2.45, 2.75) is 64.3 Å². The molecule has 0 rings (SSSR count). The second kappa shape index (κ2) is 9.95. The highest BCUT2D eigenvalue weighted by Crippen LogP contribution is 2.24. The molecule has 4 heteroatoms. The molecule has 0 radical (unpaired) electrons. The molecule has 0 atom stereocenters. The Balaban J connectivity index is 3.11. The Kier molecular flexibility index (Phi) is 10.4. The van der Waals surface area contributed by atoms with Crippen molar-refractivity contribution in [3.8, 4) is 0 Å². The van der Waals surface area contributed by atoms with E-state index in [4.69, 9.17) is 26.6 Å². The van der Waals surface area contributed by atoms with E-state index in [1.165, 1.54) is 44.9 Å². The molecule has 0 aromatic carbocycles. The zero-order chi connectivity index (χ0) is 11.6. The summed E-state index contributed by atoms with van der Waals surface area (Å²) in [7, 11) is 1.61. The topological polar surface area (TPSA) is 9.23 Å². The molecular weight excluding hydrogens is 247 g/mol. The standard InChI is InChI=1S/C11H24Cl2OSi/c1-3-4-5-6-7-8-9-10-11-15(12,13)14-2/h3-11H2,1-2H3. The van der Waals surface area contributed by atoms with E-state index in [0.717, 1.165) is 12.5 Å². The summed E-state index contributed by atoms with van der Waals surface area (Å²) in [6, 6.07) is 0.863. The SMILES string of the molecule is CCCCCCCCCC[Si](Cl)(Cl)OC. The van der Waals surface area contributed by atoms with Gasteiger partial charge in [-0.25, -0.2) is 0 Å². The highest BCUT2D eigenvalue weighted by Gasteiger charge is 2.27. The van der Waals surface area contributed by atoms with Crippen LogP contribution in [0.3, 0.4) is 0 Å². The molecular formula is C11H24Cl2OSi. The van der Waals surface area contributed by atoms with Crippen molar-refractivity contribution in [2.24, 2.45) is 0 Å². The normalized spacial score (nSPS) is 12.0. The molecule has 0 aliphatic rings. The van der Waals surface area contributed by atoms with Crippen LogP contribution in [0, 0.1) is 0 Å². The Labute approximate surface area is 105 Å². The highest BCUT2D eigenvalue weighted by atomic mass is 35.7. The Morgan fingerprint density at radius 3 is 1.80 bits per heavy atom. The van der Waals surface area contributed by atoms with E-state index < -0.39 is 6.94 Å². The van der Waals surface area contributed by atoms with Gasteiger partial charge in [-0.2, -0.15) is 0 Å². The van der Waals surface area contributed by atoms with Gasteiger partial charge in [0, 0.05) is 7.11 Å². The molecule has 0 N–H and O–H groups in total. The minimum atomic E-state index is -2.31. The number of unbranched alkanes of at least 4 members (excludes halogenated alkanes) is 7. The smallest absolute Gasteiger partial charge is 0.389 e. The molecule has 0 fully saturated rings. The predicted octanol–water partition coefficient (Wildman–Crippen LogP) is 5.19. The average molecular weight is 271 g/mol. The van der Waals surface area contributed by atoms with Crippen molar-refractivity contribution in [2.75, 3.05) is 7.11 Å². The Morgan fingerprint density at radius 1 is 0.867 bits per heavy atom. The van der Waals surface area contributed by atoms with E-state index in [9.17, 15) is 0 Å². The molecule has 0 amide bonds. The maximum absolute atomic E-state index is 5.98. The highest BCUT2D eigenvalue weighted by molar-refractivity contribution is 7.42. The molecule has 0 spiro atoms. The minimum absolute atomic E-state index is 0.863. The second-order valence-electron chi connectivity index (χ2n) is 4.07. The third-order valence-electron chi connectivity index (χ3n) is 2.62. The minimum Gasteiger partial charge on any atom is -0.396 e. The number of halogens is 2. The maximum atomic E-state index is 5.98. The molecule has 0 bridgehead atoms. The molecule has 15 heavy (non-hydrogen) atoms. The summed E-state index contributed by atoms with van der Waals surface area (Å²) >= 11 is 12.0. The van der Waals surface area contributed by atoms with Gasteiger partial charge in [-0.3, -0.25) is 0 Å². The maximum Gasteiger partial charge on any atom is 0.389 e. The summed E-state index contributed by atoms with van der Waals surface area (Å²) in [6.07, 6.45) is 10.5. The molecule has 0 aliphatic heterocycles. The first-order chi connectivity index (χ1) is 7.12. The zero-order valence-electron chi connectivity index (χ0n) is 10.0. The average Bonchev–Trinajstić information content (AvgIpc) is 2.22. The third kappa shape index (κ3) is 11.0. The zero-order valence-corrected chi connectivity index (χ0v) is 12.5. The van der Waals surface area contributed by atoms with Crippen LogP contribution >= 0.6 is 22.2 Å². The van der Waals surface area contributed by atoms with Crippen molar-refractivity contribution in [3.05, 3.63) is 0 Å². The lowest BCUT2D eigenvalue weighted by Gasteiger charge is -2.13. The molecule has 0 saturated heterocycles. The van der Waals surface area contributed by atoms with Gasteiger partial charge in [0.25, 0.3) is 0 Å². The first-order valence-corrected chi connectivity index (χ1v) is 10.2. The van der Waals surface area contributed by atoms with Crippen LogP contribution in [-0.4, -0.2) is 14.0 Å². The van der Waals surface area contributed by atoms with Gasteiger partial charge in [0.05, 0.1) is 0 Å². The summed E-state index contributed by atoms with van der Waals surface area (Å²) in [6.45, 7) is -0.0681. The fourth-order valence-electron chi connectivity index (χ4n) is 1.57. The van der Waals surface area contributed by atoms with Gasteiger partial charge in [-0.15, -0.1) is 22.2 Å². The predicted molar refractivity (Wildman–Crippen MR) is 71.9 cm³/mol. The largest absolute Gasteiger partial charge is 0.396 e. The Bertz CT molecular complexity index is 143. The van der Waals surface area contributed by atoms with Crippen LogP contribution in [0.1, 0.15) is 58.3 Å². The Morgan fingerprint density at radius 2 is 1.33 bits per heavy atom. The molecule has 0 aromatic heterocycles. The lowest BCUT2D eigenvalue weighted by atomic mass is 10.1. The number of rotatable bonds is 10. The van der Waals surface area contributed by atoms with Crippen LogP contribution in [0.25, 0.3) is 0 Å². The van der Waals surface area contributed by atoms with Crippen LogP contribution in [0.15, 0.2) is 0 Å². The van der Waals surface area contributed by atoms with Gasteiger partial charge < -0.3 is 4.43 Å². The number of hydrogen-bond acceptors (Lipinski definition) is 1. The van der Waals surface area contributed by atoms with Crippen molar-refractivity contribution in [1.29, 1.82) is 0 Å². The summed E-state index contributed by atoms with van der Waals surface area (Å²) in [5.41, 5.74) is 0. The molecule has 0 unspecified atom stereocenters. The van der Waals surface area contributed by atoms with E-state index in [0.29, 0.717) is 0 Å². The van der Waals surface area contributed by atoms with Gasteiger partial charge in [0.15, 0.2) is 0 Å². The lowest BCUT2D eigenvalue weighted by molar-refractivity contribution is 0.424. The van der Waals surface area contributed by atoms with Crippen molar-refractivity contribution >= 4 is 29.1 Å². The molecule has 0 saturated carbocycles. The van der Waals surface area contributed by atoms with Gasteiger partial charge in [0.2, 0.25) is 0 Å². The van der Waals surface area contributed by atoms with Crippen LogP contribution in [0.2, 0.25) is 6.04 Å². The first-order valence-electron chi connectivity index (χ1n) is 6.05. The first kappa shape index (κ1) is 15.8. The molecule has 92 valence electrons. The molecule has 1 nitrogen and oxygen atoms in total. The van der Waals surface area contributed by atoms with E-state index in [1.54, 1.807) is 7.11 Å². The summed E-state index contributed by atoms with van der Waals surface area (Å²) in [4.78, 5) is 0. The van der Waals surface area contributed by atoms with E-state index >= 15 is 0 Å². The van der Waals surface area contributed by atoms with Crippen LogP contribution < -0.4 is 0 Å².